The van der Waals surface area contributed by atoms with Crippen molar-refractivity contribution < 1.29 is 9.50 Å². The average molecular weight is 317 g/mol. The number of aliphatic hydroxyl groups excluding tert-OH is 1. The minimum Gasteiger partial charge on any atom is -0.396 e. The van der Waals surface area contributed by atoms with Crippen LogP contribution in [0.5, 0.6) is 0 Å². The minimum atomic E-state index is -0.240. The second-order valence-corrected chi connectivity index (χ2v) is 8.07. The van der Waals surface area contributed by atoms with Gasteiger partial charge in [-0.3, -0.25) is 0 Å². The summed E-state index contributed by atoms with van der Waals surface area (Å²) in [5.74, 6) is 1.25. The number of hydrogen-bond donors (Lipinski definition) is 2. The molecule has 23 heavy (non-hydrogen) atoms. The highest BCUT2D eigenvalue weighted by atomic mass is 19.1. The van der Waals surface area contributed by atoms with Crippen LogP contribution < -0.4 is 0 Å². The first-order chi connectivity index (χ1) is 10.9. The lowest BCUT2D eigenvalue weighted by atomic mass is 9.48. The Balaban J connectivity index is 1.43. The molecule has 1 aliphatic carbocycles. The first-order valence-electron chi connectivity index (χ1n) is 8.39. The molecular weight excluding hydrogens is 293 g/mol. The Morgan fingerprint density at radius 3 is 2.96 bits per heavy atom. The van der Waals surface area contributed by atoms with Gasteiger partial charge in [0.05, 0.1) is 17.6 Å². The van der Waals surface area contributed by atoms with E-state index in [0.29, 0.717) is 17.9 Å². The van der Waals surface area contributed by atoms with Crippen LogP contribution in [0, 0.1) is 22.6 Å². The smallest absolute Gasteiger partial charge is 0.125 e. The number of nitrogens with zero attached hydrogens (tertiary/aromatic N) is 2. The number of imidazole rings is 1. The molecule has 2 heterocycles. The molecule has 1 saturated heterocycles. The number of H-pyrrole nitrogens is 1. The van der Waals surface area contributed by atoms with Crippen LogP contribution in [0.4, 0.5) is 4.39 Å². The fourth-order valence-corrected chi connectivity index (χ4v) is 5.03. The van der Waals surface area contributed by atoms with E-state index in [1.54, 1.807) is 6.07 Å². The molecule has 0 amide bonds. The molecule has 0 radical (unpaired) electrons. The lowest BCUT2D eigenvalue weighted by Crippen LogP contribution is -2.54. The van der Waals surface area contributed by atoms with Crippen molar-refractivity contribution in [3.05, 3.63) is 29.8 Å². The first-order valence-corrected chi connectivity index (χ1v) is 8.39. The molecule has 0 bridgehead atoms. The van der Waals surface area contributed by atoms with Gasteiger partial charge in [-0.1, -0.05) is 13.8 Å². The molecule has 4 rings (SSSR count). The molecule has 2 N–H and O–H groups in total. The predicted molar refractivity (Wildman–Crippen MR) is 87.6 cm³/mol. The molecule has 2 aliphatic rings. The number of halogens is 1. The van der Waals surface area contributed by atoms with Gasteiger partial charge in [0.1, 0.15) is 11.6 Å². The summed E-state index contributed by atoms with van der Waals surface area (Å²) in [6.07, 6.45) is 1.94. The SMILES string of the molecule is CC1(C)C[C@]2(CO)CN(CCc3nc4ccc(F)cc4[nH]3)C[C@H]12. The zero-order valence-corrected chi connectivity index (χ0v) is 13.8. The van der Waals surface area contributed by atoms with E-state index in [1.165, 1.54) is 12.1 Å². The van der Waals surface area contributed by atoms with Crippen LogP contribution in [0.25, 0.3) is 11.0 Å². The molecule has 4 nitrogen and oxygen atoms in total. The lowest BCUT2D eigenvalue weighted by Gasteiger charge is -2.56. The van der Waals surface area contributed by atoms with Gasteiger partial charge in [0.2, 0.25) is 0 Å². The number of aliphatic hydroxyl groups is 1. The topological polar surface area (TPSA) is 52.1 Å². The minimum absolute atomic E-state index is 0.112. The van der Waals surface area contributed by atoms with E-state index in [1.807, 2.05) is 0 Å². The van der Waals surface area contributed by atoms with E-state index in [-0.39, 0.29) is 11.2 Å². The van der Waals surface area contributed by atoms with Gasteiger partial charge in [0.15, 0.2) is 0 Å². The number of aromatic nitrogens is 2. The van der Waals surface area contributed by atoms with Crippen LogP contribution in [0.15, 0.2) is 18.2 Å². The summed E-state index contributed by atoms with van der Waals surface area (Å²) in [5, 5.41) is 9.82. The van der Waals surface area contributed by atoms with Gasteiger partial charge < -0.3 is 15.0 Å². The van der Waals surface area contributed by atoms with Crippen molar-refractivity contribution in [3.8, 4) is 0 Å². The maximum Gasteiger partial charge on any atom is 0.125 e. The van der Waals surface area contributed by atoms with Crippen LogP contribution >= 0.6 is 0 Å². The molecule has 2 atom stereocenters. The Kier molecular flexibility index (Phi) is 3.29. The third kappa shape index (κ3) is 2.37. The summed E-state index contributed by atoms with van der Waals surface area (Å²) in [7, 11) is 0. The summed E-state index contributed by atoms with van der Waals surface area (Å²) >= 11 is 0. The van der Waals surface area contributed by atoms with Crippen LogP contribution in [-0.4, -0.2) is 46.2 Å². The highest BCUT2D eigenvalue weighted by Gasteiger charge is 2.62. The number of likely N-dealkylation sites (tertiary alicyclic amines) is 1. The van der Waals surface area contributed by atoms with E-state index in [9.17, 15) is 9.50 Å². The number of benzene rings is 1. The van der Waals surface area contributed by atoms with Crippen molar-refractivity contribution in [1.29, 1.82) is 0 Å². The normalized spacial score (nSPS) is 29.7. The molecule has 124 valence electrons. The van der Waals surface area contributed by atoms with Gasteiger partial charge in [0, 0.05) is 31.5 Å². The summed E-state index contributed by atoms with van der Waals surface area (Å²) < 4.78 is 13.2. The zero-order valence-electron chi connectivity index (χ0n) is 13.8. The van der Waals surface area contributed by atoms with Gasteiger partial charge >= 0.3 is 0 Å². The van der Waals surface area contributed by atoms with Gasteiger partial charge in [-0.05, 0) is 36.0 Å². The summed E-state index contributed by atoms with van der Waals surface area (Å²) in [4.78, 5) is 10.2. The third-order valence-corrected chi connectivity index (χ3v) is 5.94. The molecule has 5 heteroatoms. The van der Waals surface area contributed by atoms with E-state index in [4.69, 9.17) is 0 Å². The maximum atomic E-state index is 13.2. The second kappa shape index (κ2) is 5.02. The molecule has 1 aromatic carbocycles. The fraction of sp³-hybridized carbons (Fsp3) is 0.611. The molecule has 2 aromatic rings. The number of nitrogens with one attached hydrogen (secondary N) is 1. The lowest BCUT2D eigenvalue weighted by molar-refractivity contribution is -0.0977. The quantitative estimate of drug-likeness (QED) is 0.911. The molecule has 0 spiro atoms. The Bertz CT molecular complexity index is 741. The Morgan fingerprint density at radius 2 is 2.26 bits per heavy atom. The molecule has 0 unspecified atom stereocenters. The number of aromatic amines is 1. The van der Waals surface area contributed by atoms with Crippen molar-refractivity contribution in [2.24, 2.45) is 16.7 Å². The average Bonchev–Trinajstić information content (AvgIpc) is 3.03. The van der Waals surface area contributed by atoms with Crippen molar-refractivity contribution in [3.63, 3.8) is 0 Å². The van der Waals surface area contributed by atoms with Gasteiger partial charge in [0.25, 0.3) is 0 Å². The standard InChI is InChI=1S/C18H24FN3O/c1-17(2)9-18(11-23)10-22(8-15(17)18)6-5-16-20-13-4-3-12(19)7-14(13)21-16/h3-4,7,15,23H,5-6,8-11H2,1-2H3,(H,20,21)/t15-,18-/m1/s1. The Labute approximate surface area is 135 Å². The van der Waals surface area contributed by atoms with E-state index in [0.717, 1.165) is 49.3 Å². The van der Waals surface area contributed by atoms with Crippen LogP contribution in [0.2, 0.25) is 0 Å². The number of fused-ring (bicyclic) bond motifs is 2. The number of rotatable bonds is 4. The second-order valence-electron chi connectivity index (χ2n) is 8.07. The predicted octanol–water partition coefficient (Wildman–Crippen LogP) is 2.58. The largest absolute Gasteiger partial charge is 0.396 e. The van der Waals surface area contributed by atoms with E-state index in [2.05, 4.69) is 28.7 Å². The Morgan fingerprint density at radius 1 is 1.43 bits per heavy atom. The summed E-state index contributed by atoms with van der Waals surface area (Å²) in [6, 6.07) is 4.65. The van der Waals surface area contributed by atoms with E-state index < -0.39 is 0 Å². The molecular formula is C18H24FN3O. The van der Waals surface area contributed by atoms with Gasteiger partial charge in [-0.25, -0.2) is 9.37 Å². The van der Waals surface area contributed by atoms with Gasteiger partial charge in [-0.15, -0.1) is 0 Å². The van der Waals surface area contributed by atoms with Crippen LogP contribution in [-0.2, 0) is 6.42 Å². The maximum absolute atomic E-state index is 13.2. The molecule has 1 aliphatic heterocycles. The molecule has 2 fully saturated rings. The fourth-order valence-electron chi connectivity index (χ4n) is 5.03. The number of hydrogen-bond acceptors (Lipinski definition) is 3. The highest BCUT2D eigenvalue weighted by Crippen LogP contribution is 2.62. The third-order valence-electron chi connectivity index (χ3n) is 5.94. The molecule has 1 aromatic heterocycles. The van der Waals surface area contributed by atoms with Crippen molar-refractivity contribution in [1.82, 2.24) is 14.9 Å². The Hall–Kier alpha value is -1.46. The van der Waals surface area contributed by atoms with E-state index >= 15 is 0 Å². The first kappa shape index (κ1) is 15.1. The monoisotopic (exact) mass is 317 g/mol. The molecule has 1 saturated carbocycles. The van der Waals surface area contributed by atoms with Gasteiger partial charge in [-0.2, -0.15) is 0 Å². The van der Waals surface area contributed by atoms with Crippen LogP contribution in [0.1, 0.15) is 26.1 Å². The van der Waals surface area contributed by atoms with Crippen LogP contribution in [0.3, 0.4) is 0 Å². The van der Waals surface area contributed by atoms with Crippen molar-refractivity contribution >= 4 is 11.0 Å². The van der Waals surface area contributed by atoms with Crippen molar-refractivity contribution in [2.75, 3.05) is 26.2 Å². The highest BCUT2D eigenvalue weighted by molar-refractivity contribution is 5.74. The summed E-state index contributed by atoms with van der Waals surface area (Å²) in [6.45, 7) is 7.87. The van der Waals surface area contributed by atoms with Crippen molar-refractivity contribution in [2.45, 2.75) is 26.7 Å². The summed E-state index contributed by atoms with van der Waals surface area (Å²) in [5.41, 5.74) is 2.03. The zero-order chi connectivity index (χ0) is 16.2.